The van der Waals surface area contributed by atoms with Crippen LogP contribution in [0.4, 0.5) is 5.82 Å². The Morgan fingerprint density at radius 2 is 2.50 bits per heavy atom. The smallest absolute Gasteiger partial charge is 0.267 e. The minimum Gasteiger partial charge on any atom is -0.376 e. The highest BCUT2D eigenvalue weighted by molar-refractivity contribution is 9.10. The number of nitrogens with zero attached hydrogens (tertiary/aromatic N) is 1. The van der Waals surface area contributed by atoms with Gasteiger partial charge in [0.05, 0.1) is 12.4 Å². The maximum absolute atomic E-state index is 11.3. The first-order valence-electron chi connectivity index (χ1n) is 5.36. The number of halogens is 1. The summed E-state index contributed by atoms with van der Waals surface area (Å²) in [6.45, 7) is 1.52. The van der Waals surface area contributed by atoms with Crippen molar-refractivity contribution in [2.75, 3.05) is 18.5 Å². The Morgan fingerprint density at radius 1 is 1.62 bits per heavy atom. The molecular formula is C10H14BrN3O2. The molecule has 1 aliphatic rings. The van der Waals surface area contributed by atoms with Gasteiger partial charge in [0.25, 0.3) is 5.56 Å². The van der Waals surface area contributed by atoms with Gasteiger partial charge in [0.1, 0.15) is 10.3 Å². The normalized spacial score (nSPS) is 20.7. The Morgan fingerprint density at radius 3 is 3.25 bits per heavy atom. The van der Waals surface area contributed by atoms with Gasteiger partial charge in [-0.05, 0) is 35.2 Å². The highest BCUT2D eigenvalue weighted by atomic mass is 79.9. The molecule has 1 aromatic heterocycles. The van der Waals surface area contributed by atoms with E-state index in [9.17, 15) is 4.79 Å². The number of aromatic nitrogens is 2. The van der Waals surface area contributed by atoms with Gasteiger partial charge < -0.3 is 15.0 Å². The molecule has 1 fully saturated rings. The molecule has 0 bridgehead atoms. The summed E-state index contributed by atoms with van der Waals surface area (Å²) in [6, 6.07) is 0. The van der Waals surface area contributed by atoms with Crippen molar-refractivity contribution >= 4 is 21.7 Å². The summed E-state index contributed by atoms with van der Waals surface area (Å²) in [5.74, 6) is 0.568. The van der Waals surface area contributed by atoms with E-state index in [4.69, 9.17) is 4.74 Å². The monoisotopic (exact) mass is 287 g/mol. The Labute approximate surface area is 102 Å². The van der Waals surface area contributed by atoms with Gasteiger partial charge in [0.2, 0.25) is 0 Å². The van der Waals surface area contributed by atoms with E-state index in [1.807, 2.05) is 0 Å². The molecule has 88 valence electrons. The van der Waals surface area contributed by atoms with Crippen LogP contribution in [-0.4, -0.2) is 29.2 Å². The minimum atomic E-state index is -0.179. The van der Waals surface area contributed by atoms with Crippen LogP contribution in [0.25, 0.3) is 0 Å². The molecule has 1 atom stereocenters. The van der Waals surface area contributed by atoms with Gasteiger partial charge >= 0.3 is 0 Å². The molecule has 1 aliphatic heterocycles. The zero-order valence-electron chi connectivity index (χ0n) is 8.83. The molecule has 0 aliphatic carbocycles. The highest BCUT2D eigenvalue weighted by Gasteiger charge is 2.14. The number of anilines is 1. The van der Waals surface area contributed by atoms with Crippen LogP contribution >= 0.6 is 15.9 Å². The average molecular weight is 288 g/mol. The molecule has 0 radical (unpaired) electrons. The van der Waals surface area contributed by atoms with Crippen molar-refractivity contribution in [3.63, 3.8) is 0 Å². The highest BCUT2D eigenvalue weighted by Crippen LogP contribution is 2.16. The fraction of sp³-hybridized carbons (Fsp3) is 0.600. The predicted octanol–water partition coefficient (Wildman–Crippen LogP) is 1.51. The van der Waals surface area contributed by atoms with Crippen LogP contribution in [-0.2, 0) is 4.74 Å². The first kappa shape index (κ1) is 11.6. The molecular weight excluding hydrogens is 274 g/mol. The van der Waals surface area contributed by atoms with E-state index >= 15 is 0 Å². The number of nitrogens with one attached hydrogen (secondary N) is 2. The van der Waals surface area contributed by atoms with E-state index in [0.29, 0.717) is 16.8 Å². The molecule has 1 unspecified atom stereocenters. The first-order valence-corrected chi connectivity index (χ1v) is 6.15. The molecule has 0 amide bonds. The zero-order valence-corrected chi connectivity index (χ0v) is 10.4. The van der Waals surface area contributed by atoms with E-state index in [0.717, 1.165) is 19.4 Å². The second-order valence-electron chi connectivity index (χ2n) is 3.76. The largest absolute Gasteiger partial charge is 0.376 e. The van der Waals surface area contributed by atoms with E-state index in [-0.39, 0.29) is 11.7 Å². The molecule has 2 rings (SSSR count). The van der Waals surface area contributed by atoms with Crippen molar-refractivity contribution < 1.29 is 4.74 Å². The minimum absolute atomic E-state index is 0.179. The SMILES string of the molecule is O=c1[nH]cnc(NCC2CCCCO2)c1Br. The topological polar surface area (TPSA) is 67.0 Å². The Hall–Kier alpha value is -0.880. The van der Waals surface area contributed by atoms with Crippen molar-refractivity contribution in [3.8, 4) is 0 Å². The van der Waals surface area contributed by atoms with Gasteiger partial charge in [-0.2, -0.15) is 0 Å². The molecule has 16 heavy (non-hydrogen) atoms. The third-order valence-electron chi connectivity index (χ3n) is 2.57. The third kappa shape index (κ3) is 2.82. The quantitative estimate of drug-likeness (QED) is 0.885. The molecule has 1 saturated heterocycles. The lowest BCUT2D eigenvalue weighted by Gasteiger charge is -2.23. The summed E-state index contributed by atoms with van der Waals surface area (Å²) < 4.78 is 6.01. The molecule has 6 heteroatoms. The fourth-order valence-corrected chi connectivity index (χ4v) is 2.04. The zero-order chi connectivity index (χ0) is 11.4. The predicted molar refractivity (Wildman–Crippen MR) is 64.6 cm³/mol. The van der Waals surface area contributed by atoms with Gasteiger partial charge in [-0.1, -0.05) is 0 Å². The van der Waals surface area contributed by atoms with Crippen molar-refractivity contribution in [2.24, 2.45) is 0 Å². The molecule has 5 nitrogen and oxygen atoms in total. The number of ether oxygens (including phenoxy) is 1. The van der Waals surface area contributed by atoms with Gasteiger partial charge in [0, 0.05) is 13.2 Å². The van der Waals surface area contributed by atoms with Crippen LogP contribution in [0.2, 0.25) is 0 Å². The summed E-state index contributed by atoms with van der Waals surface area (Å²) in [5, 5.41) is 3.12. The van der Waals surface area contributed by atoms with Crippen LogP contribution in [0.5, 0.6) is 0 Å². The first-order chi connectivity index (χ1) is 7.77. The Bertz CT molecular complexity index is 401. The molecule has 2 heterocycles. The molecule has 0 saturated carbocycles. The second-order valence-corrected chi connectivity index (χ2v) is 4.56. The van der Waals surface area contributed by atoms with Gasteiger partial charge in [-0.3, -0.25) is 4.79 Å². The van der Waals surface area contributed by atoms with Gasteiger partial charge in [-0.15, -0.1) is 0 Å². The van der Waals surface area contributed by atoms with Crippen molar-refractivity contribution in [3.05, 3.63) is 21.2 Å². The maximum atomic E-state index is 11.3. The third-order valence-corrected chi connectivity index (χ3v) is 3.30. The lowest BCUT2D eigenvalue weighted by Crippen LogP contribution is -2.27. The Kier molecular flexibility index (Phi) is 3.95. The standard InChI is InChI=1S/C10H14BrN3O2/c11-8-9(13-6-14-10(8)15)12-5-7-3-1-2-4-16-7/h6-7H,1-5H2,(H2,12,13,14,15). The molecule has 0 aromatic carbocycles. The summed E-state index contributed by atoms with van der Waals surface area (Å²) in [5.41, 5.74) is -0.179. The average Bonchev–Trinajstić information content (AvgIpc) is 2.32. The lowest BCUT2D eigenvalue weighted by atomic mass is 10.1. The van der Waals surface area contributed by atoms with Crippen LogP contribution in [0, 0.1) is 0 Å². The summed E-state index contributed by atoms with van der Waals surface area (Å²) >= 11 is 3.20. The second kappa shape index (κ2) is 5.45. The van der Waals surface area contributed by atoms with Gasteiger partial charge in [0.15, 0.2) is 0 Å². The summed E-state index contributed by atoms with van der Waals surface area (Å²) in [4.78, 5) is 17.8. The molecule has 1 aromatic rings. The van der Waals surface area contributed by atoms with Crippen molar-refractivity contribution in [1.82, 2.24) is 9.97 Å². The fourth-order valence-electron chi connectivity index (χ4n) is 1.69. The summed E-state index contributed by atoms with van der Waals surface area (Å²) in [6.07, 6.45) is 5.02. The maximum Gasteiger partial charge on any atom is 0.267 e. The lowest BCUT2D eigenvalue weighted by molar-refractivity contribution is 0.0247. The van der Waals surface area contributed by atoms with Crippen LogP contribution in [0.15, 0.2) is 15.6 Å². The van der Waals surface area contributed by atoms with E-state index < -0.39 is 0 Å². The van der Waals surface area contributed by atoms with Crippen molar-refractivity contribution in [2.45, 2.75) is 25.4 Å². The van der Waals surface area contributed by atoms with Gasteiger partial charge in [-0.25, -0.2) is 4.98 Å². The Balaban J connectivity index is 1.93. The number of H-pyrrole nitrogens is 1. The van der Waals surface area contributed by atoms with E-state index in [1.54, 1.807) is 0 Å². The number of hydrogen-bond acceptors (Lipinski definition) is 4. The van der Waals surface area contributed by atoms with Crippen molar-refractivity contribution in [1.29, 1.82) is 0 Å². The molecule has 0 spiro atoms. The van der Waals surface area contributed by atoms with Crippen LogP contribution in [0.3, 0.4) is 0 Å². The molecule has 2 N–H and O–H groups in total. The van der Waals surface area contributed by atoms with E-state index in [1.165, 1.54) is 12.7 Å². The van der Waals surface area contributed by atoms with E-state index in [2.05, 4.69) is 31.2 Å². The summed E-state index contributed by atoms with van der Waals surface area (Å²) in [7, 11) is 0. The van der Waals surface area contributed by atoms with Crippen LogP contribution in [0.1, 0.15) is 19.3 Å². The number of hydrogen-bond donors (Lipinski definition) is 2. The van der Waals surface area contributed by atoms with Crippen LogP contribution < -0.4 is 10.9 Å². The number of aromatic amines is 1. The number of rotatable bonds is 3.